The molecule has 0 radical (unpaired) electrons. The molecular formula is C20H27N3O2S. The zero-order chi connectivity index (χ0) is 19.0. The van der Waals surface area contributed by atoms with Crippen LogP contribution < -0.4 is 10.6 Å². The average molecular weight is 374 g/mol. The minimum Gasteiger partial charge on any atom is -0.357 e. The van der Waals surface area contributed by atoms with Gasteiger partial charge in [0, 0.05) is 19.3 Å². The van der Waals surface area contributed by atoms with Crippen LogP contribution in [0.1, 0.15) is 23.6 Å². The van der Waals surface area contributed by atoms with E-state index in [1.54, 1.807) is 12.1 Å². The number of aliphatic imine (C=N–C) groups is 1. The van der Waals surface area contributed by atoms with Crippen molar-refractivity contribution in [3.8, 4) is 0 Å². The Hall–Kier alpha value is -2.34. The van der Waals surface area contributed by atoms with Gasteiger partial charge in [0.1, 0.15) is 0 Å². The summed E-state index contributed by atoms with van der Waals surface area (Å²) in [6, 6.07) is 15.3. The van der Waals surface area contributed by atoms with Crippen molar-refractivity contribution in [3.63, 3.8) is 0 Å². The lowest BCUT2D eigenvalue weighted by molar-refractivity contribution is 0.602. The summed E-state index contributed by atoms with van der Waals surface area (Å²) in [5, 5.41) is 6.56. The molecule has 0 bridgehead atoms. The van der Waals surface area contributed by atoms with E-state index in [9.17, 15) is 8.42 Å². The molecule has 5 nitrogen and oxygen atoms in total. The summed E-state index contributed by atoms with van der Waals surface area (Å²) >= 11 is 0. The molecule has 0 spiro atoms. The zero-order valence-corrected chi connectivity index (χ0v) is 16.4. The number of benzene rings is 2. The molecule has 0 aliphatic heterocycles. The van der Waals surface area contributed by atoms with Crippen LogP contribution in [-0.4, -0.2) is 33.7 Å². The van der Waals surface area contributed by atoms with Crippen molar-refractivity contribution >= 4 is 15.8 Å². The molecule has 0 aliphatic rings. The molecule has 0 aliphatic carbocycles. The third-order valence-electron chi connectivity index (χ3n) is 3.90. The first-order valence-corrected chi connectivity index (χ1v) is 10.6. The van der Waals surface area contributed by atoms with Crippen LogP contribution >= 0.6 is 0 Å². The second-order valence-corrected chi connectivity index (χ2v) is 8.29. The van der Waals surface area contributed by atoms with Gasteiger partial charge < -0.3 is 10.6 Å². The van der Waals surface area contributed by atoms with Crippen molar-refractivity contribution in [1.82, 2.24) is 10.6 Å². The summed E-state index contributed by atoms with van der Waals surface area (Å²) in [5.74, 6) is 0.779. The minimum absolute atomic E-state index is 0.349. The number of nitrogens with zero attached hydrogens (tertiary/aromatic N) is 1. The van der Waals surface area contributed by atoms with E-state index in [1.807, 2.05) is 25.1 Å². The van der Waals surface area contributed by atoms with Gasteiger partial charge in [-0.25, -0.2) is 13.4 Å². The van der Waals surface area contributed by atoms with Crippen LogP contribution in [0.4, 0.5) is 0 Å². The van der Waals surface area contributed by atoms with Crippen molar-refractivity contribution in [2.24, 2.45) is 4.99 Å². The van der Waals surface area contributed by atoms with Gasteiger partial charge in [0.05, 0.1) is 11.4 Å². The van der Waals surface area contributed by atoms with Crippen LogP contribution in [0.25, 0.3) is 0 Å². The highest BCUT2D eigenvalue weighted by molar-refractivity contribution is 7.90. The maximum Gasteiger partial charge on any atom is 0.191 e. The molecule has 2 rings (SSSR count). The van der Waals surface area contributed by atoms with E-state index in [2.05, 4.69) is 40.7 Å². The smallest absolute Gasteiger partial charge is 0.191 e. The fraction of sp³-hybridized carbons (Fsp3) is 0.350. The molecule has 0 saturated carbocycles. The van der Waals surface area contributed by atoms with Crippen LogP contribution in [0.3, 0.4) is 0 Å². The number of hydrogen-bond acceptors (Lipinski definition) is 3. The normalized spacial score (nSPS) is 12.0. The van der Waals surface area contributed by atoms with E-state index in [0.717, 1.165) is 31.0 Å². The number of nitrogens with one attached hydrogen (secondary N) is 2. The molecule has 0 saturated heterocycles. The van der Waals surface area contributed by atoms with Crippen molar-refractivity contribution in [3.05, 3.63) is 65.2 Å². The van der Waals surface area contributed by atoms with Gasteiger partial charge in [-0.2, -0.15) is 0 Å². The lowest BCUT2D eigenvalue weighted by atomic mass is 10.1. The third-order valence-corrected chi connectivity index (χ3v) is 5.03. The summed E-state index contributed by atoms with van der Waals surface area (Å²) in [4.78, 5) is 4.97. The van der Waals surface area contributed by atoms with E-state index in [-0.39, 0.29) is 0 Å². The second kappa shape index (κ2) is 9.38. The van der Waals surface area contributed by atoms with Crippen molar-refractivity contribution < 1.29 is 8.42 Å². The maximum absolute atomic E-state index is 11.5. The molecule has 0 unspecified atom stereocenters. The van der Waals surface area contributed by atoms with Crippen LogP contribution in [0.5, 0.6) is 0 Å². The third kappa shape index (κ3) is 6.52. The summed E-state index contributed by atoms with van der Waals surface area (Å²) in [5.41, 5.74) is 3.49. The lowest BCUT2D eigenvalue weighted by Crippen LogP contribution is -2.38. The molecule has 6 heteroatoms. The van der Waals surface area contributed by atoms with E-state index in [4.69, 9.17) is 0 Å². The second-order valence-electron chi connectivity index (χ2n) is 6.28. The highest BCUT2D eigenvalue weighted by atomic mass is 32.2. The first kappa shape index (κ1) is 20.0. The Balaban J connectivity index is 1.90. The first-order chi connectivity index (χ1) is 12.4. The molecule has 26 heavy (non-hydrogen) atoms. The van der Waals surface area contributed by atoms with Gasteiger partial charge in [-0.1, -0.05) is 42.0 Å². The lowest BCUT2D eigenvalue weighted by Gasteiger charge is -2.11. The summed E-state index contributed by atoms with van der Waals surface area (Å²) in [7, 11) is -3.14. The maximum atomic E-state index is 11.5. The largest absolute Gasteiger partial charge is 0.357 e. The van der Waals surface area contributed by atoms with Crippen LogP contribution in [0.2, 0.25) is 0 Å². The summed E-state index contributed by atoms with van der Waals surface area (Å²) in [6.45, 7) is 6.25. The van der Waals surface area contributed by atoms with Crippen LogP contribution in [0.15, 0.2) is 58.4 Å². The SMILES string of the molecule is CCNC(=NCc1cccc(C)c1)NCCc1ccc(S(C)(=O)=O)cc1. The Morgan fingerprint density at radius 2 is 1.77 bits per heavy atom. The molecule has 140 valence electrons. The Morgan fingerprint density at radius 1 is 1.04 bits per heavy atom. The molecule has 0 amide bonds. The van der Waals surface area contributed by atoms with Gasteiger partial charge in [0.2, 0.25) is 0 Å². The minimum atomic E-state index is -3.14. The fourth-order valence-electron chi connectivity index (χ4n) is 2.55. The highest BCUT2D eigenvalue weighted by Gasteiger charge is 2.06. The van der Waals surface area contributed by atoms with E-state index in [0.29, 0.717) is 11.4 Å². The average Bonchev–Trinajstić information content (AvgIpc) is 2.59. The topological polar surface area (TPSA) is 70.6 Å². The standard InChI is InChI=1S/C20H27N3O2S/c1-4-21-20(23-15-18-7-5-6-16(2)14-18)22-13-12-17-8-10-19(11-9-17)26(3,24)25/h5-11,14H,4,12-13,15H2,1-3H3,(H2,21,22,23). The molecule has 0 aromatic heterocycles. The van der Waals surface area contributed by atoms with E-state index in [1.165, 1.54) is 17.4 Å². The highest BCUT2D eigenvalue weighted by Crippen LogP contribution is 2.10. The van der Waals surface area contributed by atoms with Gasteiger partial charge >= 0.3 is 0 Å². The number of hydrogen-bond donors (Lipinski definition) is 2. The first-order valence-electron chi connectivity index (χ1n) is 8.75. The Bertz CT molecular complexity index is 844. The Morgan fingerprint density at radius 3 is 2.38 bits per heavy atom. The zero-order valence-electron chi connectivity index (χ0n) is 15.6. The number of rotatable bonds is 7. The quantitative estimate of drug-likeness (QED) is 0.578. The van der Waals surface area contributed by atoms with Gasteiger partial charge in [0.25, 0.3) is 0 Å². The summed E-state index contributed by atoms with van der Waals surface area (Å²) in [6.07, 6.45) is 2.01. The Kier molecular flexibility index (Phi) is 7.21. The fourth-order valence-corrected chi connectivity index (χ4v) is 3.18. The molecule has 0 heterocycles. The number of sulfone groups is 1. The molecule has 2 N–H and O–H groups in total. The molecule has 2 aromatic rings. The summed E-state index contributed by atoms with van der Waals surface area (Å²) < 4.78 is 23.0. The van der Waals surface area contributed by atoms with Gasteiger partial charge in [-0.05, 0) is 43.5 Å². The van der Waals surface area contributed by atoms with Gasteiger partial charge in [-0.3, -0.25) is 0 Å². The van der Waals surface area contributed by atoms with Gasteiger partial charge in [-0.15, -0.1) is 0 Å². The Labute approximate surface area is 156 Å². The van der Waals surface area contributed by atoms with E-state index < -0.39 is 9.84 Å². The van der Waals surface area contributed by atoms with Gasteiger partial charge in [0.15, 0.2) is 15.8 Å². The van der Waals surface area contributed by atoms with Crippen molar-refractivity contribution in [1.29, 1.82) is 0 Å². The molecule has 0 fully saturated rings. The van der Waals surface area contributed by atoms with Crippen molar-refractivity contribution in [2.75, 3.05) is 19.3 Å². The predicted octanol–water partition coefficient (Wildman–Crippen LogP) is 2.70. The number of aryl methyl sites for hydroxylation is 1. The molecular weight excluding hydrogens is 346 g/mol. The van der Waals surface area contributed by atoms with Crippen LogP contribution in [0, 0.1) is 6.92 Å². The molecule has 2 aromatic carbocycles. The molecule has 0 atom stereocenters. The predicted molar refractivity (Wildman–Crippen MR) is 107 cm³/mol. The monoisotopic (exact) mass is 373 g/mol. The van der Waals surface area contributed by atoms with E-state index >= 15 is 0 Å². The van der Waals surface area contributed by atoms with Crippen LogP contribution in [-0.2, 0) is 22.8 Å². The van der Waals surface area contributed by atoms with Crippen molar-refractivity contribution in [2.45, 2.75) is 31.7 Å². The number of guanidine groups is 1.